The van der Waals surface area contributed by atoms with E-state index in [4.69, 9.17) is 4.74 Å². The SMILES string of the molecule is CC1=CC=CC2(C=O)OC12C. The molecule has 0 N–H and O–H groups in total. The van der Waals surface area contributed by atoms with Gasteiger partial charge in [-0.25, -0.2) is 0 Å². The van der Waals surface area contributed by atoms with E-state index in [-0.39, 0.29) is 5.60 Å². The van der Waals surface area contributed by atoms with Gasteiger partial charge >= 0.3 is 0 Å². The van der Waals surface area contributed by atoms with Crippen molar-refractivity contribution in [3.8, 4) is 0 Å². The van der Waals surface area contributed by atoms with Gasteiger partial charge in [-0.15, -0.1) is 0 Å². The quantitative estimate of drug-likeness (QED) is 0.415. The van der Waals surface area contributed by atoms with Crippen molar-refractivity contribution >= 4 is 6.29 Å². The molecule has 2 nitrogen and oxygen atoms in total. The van der Waals surface area contributed by atoms with Crippen LogP contribution in [0.15, 0.2) is 23.8 Å². The van der Waals surface area contributed by atoms with Crippen molar-refractivity contribution in [2.75, 3.05) is 0 Å². The molecule has 11 heavy (non-hydrogen) atoms. The number of hydrogen-bond donors (Lipinski definition) is 0. The number of hydrogen-bond acceptors (Lipinski definition) is 2. The number of ether oxygens (including phenoxy) is 1. The maximum absolute atomic E-state index is 10.7. The Morgan fingerprint density at radius 1 is 1.64 bits per heavy atom. The summed E-state index contributed by atoms with van der Waals surface area (Å²) in [5, 5.41) is 0. The average Bonchev–Trinajstić information content (AvgIpc) is 2.60. The van der Waals surface area contributed by atoms with Gasteiger partial charge in [0.25, 0.3) is 0 Å². The molecule has 0 bridgehead atoms. The van der Waals surface area contributed by atoms with Crippen LogP contribution in [0.2, 0.25) is 0 Å². The summed E-state index contributed by atoms with van der Waals surface area (Å²) in [4.78, 5) is 10.7. The van der Waals surface area contributed by atoms with Crippen LogP contribution in [0.1, 0.15) is 13.8 Å². The minimum atomic E-state index is -0.633. The molecule has 0 spiro atoms. The van der Waals surface area contributed by atoms with E-state index in [0.717, 1.165) is 11.9 Å². The van der Waals surface area contributed by atoms with Crippen LogP contribution in [-0.2, 0) is 9.53 Å². The van der Waals surface area contributed by atoms with E-state index >= 15 is 0 Å². The molecule has 0 radical (unpaired) electrons. The second-order valence-corrected chi connectivity index (χ2v) is 3.26. The molecule has 0 aromatic carbocycles. The maximum atomic E-state index is 10.7. The van der Waals surface area contributed by atoms with Gasteiger partial charge in [-0.05, 0) is 25.5 Å². The third-order valence-electron chi connectivity index (χ3n) is 2.69. The number of epoxide rings is 1. The van der Waals surface area contributed by atoms with Crippen LogP contribution in [0, 0.1) is 0 Å². The Labute approximate surface area is 65.5 Å². The van der Waals surface area contributed by atoms with Gasteiger partial charge in [-0.2, -0.15) is 0 Å². The number of fused-ring (bicyclic) bond motifs is 1. The third-order valence-corrected chi connectivity index (χ3v) is 2.69. The van der Waals surface area contributed by atoms with Gasteiger partial charge in [0.1, 0.15) is 5.60 Å². The molecule has 2 atom stereocenters. The van der Waals surface area contributed by atoms with Gasteiger partial charge < -0.3 is 4.74 Å². The van der Waals surface area contributed by atoms with Gasteiger partial charge in [0.15, 0.2) is 11.9 Å². The third kappa shape index (κ3) is 0.583. The molecule has 58 valence electrons. The summed E-state index contributed by atoms with van der Waals surface area (Å²) in [6.07, 6.45) is 6.54. The molecule has 0 amide bonds. The standard InChI is InChI=1S/C9H10O2/c1-7-4-3-5-9(6-10)8(7,2)11-9/h3-6H,1-2H3. The van der Waals surface area contributed by atoms with Crippen LogP contribution in [0.25, 0.3) is 0 Å². The Morgan fingerprint density at radius 3 is 2.91 bits per heavy atom. The molecule has 0 aromatic heterocycles. The lowest BCUT2D eigenvalue weighted by Crippen LogP contribution is -2.25. The summed E-state index contributed by atoms with van der Waals surface area (Å²) < 4.78 is 5.39. The van der Waals surface area contributed by atoms with Crippen molar-refractivity contribution in [2.24, 2.45) is 0 Å². The molecule has 0 saturated carbocycles. The Morgan fingerprint density at radius 2 is 2.36 bits per heavy atom. The Hall–Kier alpha value is -0.890. The highest BCUT2D eigenvalue weighted by molar-refractivity contribution is 5.77. The predicted octanol–water partition coefficient (Wildman–Crippen LogP) is 1.23. The van der Waals surface area contributed by atoms with E-state index in [0.29, 0.717) is 0 Å². The van der Waals surface area contributed by atoms with E-state index in [2.05, 4.69) is 0 Å². The Bertz CT molecular complexity index is 277. The molecule has 2 heteroatoms. The summed E-state index contributed by atoms with van der Waals surface area (Å²) in [7, 11) is 0. The van der Waals surface area contributed by atoms with Crippen molar-refractivity contribution in [3.63, 3.8) is 0 Å². The maximum Gasteiger partial charge on any atom is 0.175 e. The highest BCUT2D eigenvalue weighted by atomic mass is 16.6. The van der Waals surface area contributed by atoms with Crippen LogP contribution in [0.5, 0.6) is 0 Å². The fraction of sp³-hybridized carbons (Fsp3) is 0.444. The molecule has 1 heterocycles. The lowest BCUT2D eigenvalue weighted by Gasteiger charge is -2.11. The van der Waals surface area contributed by atoms with Crippen molar-refractivity contribution in [3.05, 3.63) is 23.8 Å². The molecule has 1 aliphatic heterocycles. The highest BCUT2D eigenvalue weighted by Crippen LogP contribution is 2.53. The van der Waals surface area contributed by atoms with Gasteiger partial charge in [0.05, 0.1) is 0 Å². The highest BCUT2D eigenvalue weighted by Gasteiger charge is 2.67. The van der Waals surface area contributed by atoms with Crippen molar-refractivity contribution in [1.29, 1.82) is 0 Å². The molecule has 2 aliphatic rings. The number of carbonyl (C=O) groups is 1. The zero-order valence-electron chi connectivity index (χ0n) is 6.63. The van der Waals surface area contributed by atoms with E-state index in [1.165, 1.54) is 0 Å². The summed E-state index contributed by atoms with van der Waals surface area (Å²) >= 11 is 0. The average molecular weight is 150 g/mol. The van der Waals surface area contributed by atoms with Gasteiger partial charge in [0.2, 0.25) is 0 Å². The molecule has 0 aromatic rings. The summed E-state index contributed by atoms with van der Waals surface area (Å²) in [5.74, 6) is 0. The Kier molecular flexibility index (Phi) is 1.01. The number of aldehydes is 1. The molecule has 1 aliphatic carbocycles. The lowest BCUT2D eigenvalue weighted by molar-refractivity contribution is -0.110. The first-order valence-electron chi connectivity index (χ1n) is 3.68. The van der Waals surface area contributed by atoms with Gasteiger partial charge in [-0.1, -0.05) is 12.2 Å². The van der Waals surface area contributed by atoms with Crippen LogP contribution in [0.4, 0.5) is 0 Å². The fourth-order valence-corrected chi connectivity index (χ4v) is 1.56. The minimum Gasteiger partial charge on any atom is -0.346 e. The first-order chi connectivity index (χ1) is 5.15. The van der Waals surface area contributed by atoms with Crippen LogP contribution < -0.4 is 0 Å². The van der Waals surface area contributed by atoms with E-state index in [1.54, 1.807) is 0 Å². The number of rotatable bonds is 1. The first kappa shape index (κ1) is 6.80. The first-order valence-corrected chi connectivity index (χ1v) is 3.68. The molecule has 1 saturated heterocycles. The molecular weight excluding hydrogens is 140 g/mol. The van der Waals surface area contributed by atoms with E-state index in [1.807, 2.05) is 32.1 Å². The number of carbonyl (C=O) groups excluding carboxylic acids is 1. The van der Waals surface area contributed by atoms with Crippen LogP contribution in [-0.4, -0.2) is 17.5 Å². The summed E-state index contributed by atoms with van der Waals surface area (Å²) in [6, 6.07) is 0. The molecule has 1 fully saturated rings. The lowest BCUT2D eigenvalue weighted by atomic mass is 9.85. The monoisotopic (exact) mass is 150 g/mol. The van der Waals surface area contributed by atoms with Gasteiger partial charge in [0, 0.05) is 0 Å². The van der Waals surface area contributed by atoms with Crippen molar-refractivity contribution in [1.82, 2.24) is 0 Å². The normalized spacial score (nSPS) is 46.2. The van der Waals surface area contributed by atoms with Crippen LogP contribution in [0.3, 0.4) is 0 Å². The zero-order valence-corrected chi connectivity index (χ0v) is 6.63. The molecular formula is C9H10O2. The predicted molar refractivity (Wildman–Crippen MR) is 41.2 cm³/mol. The van der Waals surface area contributed by atoms with Gasteiger partial charge in [-0.3, -0.25) is 4.79 Å². The second-order valence-electron chi connectivity index (χ2n) is 3.26. The smallest absolute Gasteiger partial charge is 0.175 e. The fourth-order valence-electron chi connectivity index (χ4n) is 1.56. The Balaban J connectivity index is 2.45. The topological polar surface area (TPSA) is 29.6 Å². The van der Waals surface area contributed by atoms with E-state index < -0.39 is 5.60 Å². The number of allylic oxidation sites excluding steroid dienone is 2. The molecule has 2 rings (SSSR count). The minimum absolute atomic E-state index is 0.344. The van der Waals surface area contributed by atoms with Crippen molar-refractivity contribution < 1.29 is 9.53 Å². The van der Waals surface area contributed by atoms with Crippen molar-refractivity contribution in [2.45, 2.75) is 25.0 Å². The zero-order chi connectivity index (χ0) is 8.11. The second kappa shape index (κ2) is 1.64. The molecule has 2 unspecified atom stereocenters. The van der Waals surface area contributed by atoms with Crippen LogP contribution >= 0.6 is 0 Å². The summed E-state index contributed by atoms with van der Waals surface area (Å²) in [5.41, 5.74) is 0.141. The summed E-state index contributed by atoms with van der Waals surface area (Å²) in [6.45, 7) is 3.92. The largest absolute Gasteiger partial charge is 0.346 e. The van der Waals surface area contributed by atoms with E-state index in [9.17, 15) is 4.79 Å².